The van der Waals surface area contributed by atoms with Crippen LogP contribution in [0.1, 0.15) is 5.56 Å². The molecule has 3 aromatic carbocycles. The van der Waals surface area contributed by atoms with E-state index in [4.69, 9.17) is 4.42 Å². The number of halogens is 3. The Morgan fingerprint density at radius 3 is 2.17 bits per heavy atom. The van der Waals surface area contributed by atoms with Gasteiger partial charge in [-0.1, -0.05) is 0 Å². The number of hydrogen-bond acceptors (Lipinski definition) is 3. The van der Waals surface area contributed by atoms with Gasteiger partial charge < -0.3 is 0 Å². The second-order valence-electron chi connectivity index (χ2n) is 6.21. The van der Waals surface area contributed by atoms with Gasteiger partial charge in [-0.15, -0.1) is 0 Å². The number of para-hydroxylation sites is 2. The van der Waals surface area contributed by atoms with Gasteiger partial charge in [-0.2, -0.15) is 0 Å². The van der Waals surface area contributed by atoms with Crippen molar-refractivity contribution in [2.24, 2.45) is 0 Å². The summed E-state index contributed by atoms with van der Waals surface area (Å²) in [6, 6.07) is 21.4. The van der Waals surface area contributed by atoms with Crippen LogP contribution in [0.25, 0.3) is 11.0 Å². The first-order valence-corrected chi connectivity index (χ1v) is 10.4. The molecular formula is C22H14F3NO2Se. The molecule has 0 amide bonds. The van der Waals surface area contributed by atoms with Crippen LogP contribution >= 0.6 is 0 Å². The molecule has 0 saturated carbocycles. The van der Waals surface area contributed by atoms with Gasteiger partial charge in [0.25, 0.3) is 0 Å². The fourth-order valence-corrected chi connectivity index (χ4v) is 4.72. The molecule has 29 heavy (non-hydrogen) atoms. The predicted octanol–water partition coefficient (Wildman–Crippen LogP) is 4.21. The molecular weight excluding hydrogens is 446 g/mol. The van der Waals surface area contributed by atoms with Gasteiger partial charge in [0.1, 0.15) is 0 Å². The third kappa shape index (κ3) is 4.21. The summed E-state index contributed by atoms with van der Waals surface area (Å²) in [6.45, 7) is 0. The molecule has 4 aromatic rings. The molecule has 0 aliphatic heterocycles. The quantitative estimate of drug-likeness (QED) is 0.367. The summed E-state index contributed by atoms with van der Waals surface area (Å²) in [5.41, 5.74) is 0.644. The van der Waals surface area contributed by atoms with Gasteiger partial charge in [0.15, 0.2) is 0 Å². The Balaban J connectivity index is 1.80. The van der Waals surface area contributed by atoms with E-state index in [-0.39, 0.29) is 0 Å². The van der Waals surface area contributed by atoms with Crippen LogP contribution in [0.4, 0.5) is 24.5 Å². The van der Waals surface area contributed by atoms with Crippen molar-refractivity contribution in [3.8, 4) is 0 Å². The number of rotatable bonds is 4. The number of benzene rings is 3. The molecule has 0 unspecified atom stereocenters. The first-order valence-electron chi connectivity index (χ1n) is 8.65. The molecule has 7 heteroatoms. The molecule has 0 fully saturated rings. The van der Waals surface area contributed by atoms with Gasteiger partial charge in [0.05, 0.1) is 0 Å². The van der Waals surface area contributed by atoms with E-state index < -0.39 is 32.3 Å². The van der Waals surface area contributed by atoms with E-state index in [9.17, 15) is 18.0 Å². The molecule has 0 aliphatic rings. The first-order chi connectivity index (χ1) is 13.9. The third-order valence-corrected chi connectivity index (χ3v) is 6.49. The number of hydrogen-bond donors (Lipinski definition) is 1. The third-order valence-electron chi connectivity index (χ3n) is 4.22. The maximum absolute atomic E-state index is 12.8. The topological polar surface area (TPSA) is 42.2 Å². The monoisotopic (exact) mass is 461 g/mol. The Hall–Kier alpha value is -3.02. The van der Waals surface area contributed by atoms with Gasteiger partial charge in [-0.3, -0.25) is 0 Å². The van der Waals surface area contributed by atoms with E-state index in [2.05, 4.69) is 5.32 Å². The Labute approximate surface area is 170 Å². The van der Waals surface area contributed by atoms with Gasteiger partial charge in [-0.05, 0) is 0 Å². The molecule has 0 spiro atoms. The van der Waals surface area contributed by atoms with Gasteiger partial charge in [0.2, 0.25) is 0 Å². The minimum atomic E-state index is -4.40. The van der Waals surface area contributed by atoms with E-state index >= 15 is 0 Å². The van der Waals surface area contributed by atoms with Crippen molar-refractivity contribution >= 4 is 46.2 Å². The van der Waals surface area contributed by atoms with Crippen molar-refractivity contribution in [1.82, 2.24) is 0 Å². The molecule has 0 aliphatic carbocycles. The Morgan fingerprint density at radius 1 is 0.828 bits per heavy atom. The van der Waals surface area contributed by atoms with E-state index in [1.54, 1.807) is 12.1 Å². The summed E-state index contributed by atoms with van der Waals surface area (Å²) in [5.74, 6) is 0. The van der Waals surface area contributed by atoms with Crippen molar-refractivity contribution in [1.29, 1.82) is 0 Å². The van der Waals surface area contributed by atoms with E-state index in [1.165, 1.54) is 12.1 Å². The van der Waals surface area contributed by atoms with Crippen LogP contribution in [0.15, 0.2) is 88.1 Å². The zero-order valence-corrected chi connectivity index (χ0v) is 16.6. The molecule has 0 radical (unpaired) electrons. The summed E-state index contributed by atoms with van der Waals surface area (Å²) < 4.78 is 45.0. The van der Waals surface area contributed by atoms with Crippen molar-refractivity contribution in [2.75, 3.05) is 5.32 Å². The van der Waals surface area contributed by atoms with E-state index in [1.807, 2.05) is 42.5 Å². The van der Waals surface area contributed by atoms with Crippen LogP contribution in [-0.4, -0.2) is 15.0 Å². The van der Waals surface area contributed by atoms with Gasteiger partial charge >= 0.3 is 170 Å². The first kappa shape index (κ1) is 19.3. The van der Waals surface area contributed by atoms with Crippen molar-refractivity contribution in [2.45, 2.75) is 6.18 Å². The van der Waals surface area contributed by atoms with Crippen molar-refractivity contribution in [3.63, 3.8) is 0 Å². The van der Waals surface area contributed by atoms with Crippen LogP contribution in [0.3, 0.4) is 0 Å². The zero-order valence-electron chi connectivity index (χ0n) is 14.9. The predicted molar refractivity (Wildman–Crippen MR) is 109 cm³/mol. The Bertz CT molecular complexity index is 1200. The van der Waals surface area contributed by atoms with Crippen LogP contribution in [0, 0.1) is 0 Å². The van der Waals surface area contributed by atoms with Gasteiger partial charge in [-0.25, -0.2) is 0 Å². The number of fused-ring (bicyclic) bond motifs is 1. The van der Waals surface area contributed by atoms with E-state index in [0.717, 1.165) is 23.2 Å². The Kier molecular flexibility index (Phi) is 5.18. The summed E-state index contributed by atoms with van der Waals surface area (Å²) in [6.07, 6.45) is -4.40. The van der Waals surface area contributed by atoms with Crippen LogP contribution in [0.5, 0.6) is 0 Å². The van der Waals surface area contributed by atoms with Gasteiger partial charge in [0, 0.05) is 0 Å². The fraction of sp³-hybridized carbons (Fsp3) is 0.0455. The summed E-state index contributed by atoms with van der Waals surface area (Å²) in [4.78, 5) is 12.7. The molecule has 1 N–H and O–H groups in total. The Morgan fingerprint density at radius 2 is 1.48 bits per heavy atom. The molecule has 1 aromatic heterocycles. The normalized spacial score (nSPS) is 11.6. The molecule has 3 nitrogen and oxygen atoms in total. The van der Waals surface area contributed by atoms with Crippen LogP contribution in [-0.2, 0) is 6.18 Å². The summed E-state index contributed by atoms with van der Waals surface area (Å²) in [7, 11) is 0. The van der Waals surface area contributed by atoms with Crippen molar-refractivity contribution < 1.29 is 17.6 Å². The van der Waals surface area contributed by atoms with E-state index in [0.29, 0.717) is 20.2 Å². The average Bonchev–Trinajstić information content (AvgIpc) is 2.71. The second-order valence-corrected chi connectivity index (χ2v) is 8.48. The maximum atomic E-state index is 12.8. The number of alkyl halides is 3. The SMILES string of the molecule is O=c1oc2ccccc2c(Nc2ccccc2)c1[Se]c1ccc(C(F)(F)F)cc1. The molecule has 0 atom stereocenters. The second kappa shape index (κ2) is 7.78. The molecule has 0 bridgehead atoms. The number of anilines is 2. The fourth-order valence-electron chi connectivity index (χ4n) is 2.85. The summed E-state index contributed by atoms with van der Waals surface area (Å²) in [5, 5.41) is 4.02. The average molecular weight is 460 g/mol. The molecule has 1 heterocycles. The van der Waals surface area contributed by atoms with Crippen molar-refractivity contribution in [3.05, 3.63) is 94.8 Å². The zero-order chi connectivity index (χ0) is 20.4. The summed E-state index contributed by atoms with van der Waals surface area (Å²) >= 11 is -0.550. The minimum absolute atomic E-state index is 0.416. The molecule has 0 saturated heterocycles. The molecule has 146 valence electrons. The standard InChI is InChI=1S/C22H14F3NO2Se/c23-22(24,25)14-10-12-16(13-11-14)29-20-19(26-15-6-2-1-3-7-15)17-8-4-5-9-18(17)28-21(20)27/h1-13,26H. The van der Waals surface area contributed by atoms with Crippen LogP contribution in [0.2, 0.25) is 0 Å². The number of nitrogens with one attached hydrogen (secondary N) is 1. The molecule has 4 rings (SSSR count). The van der Waals surface area contributed by atoms with Crippen LogP contribution < -0.4 is 19.9 Å².